The molecule has 34 heavy (non-hydrogen) atoms. The highest BCUT2D eigenvalue weighted by Crippen LogP contribution is 2.47. The monoisotopic (exact) mass is 477 g/mol. The zero-order valence-corrected chi connectivity index (χ0v) is 25.5. The molecule has 0 aromatic rings. The van der Waals surface area contributed by atoms with Gasteiger partial charge >= 0.3 is 0 Å². The van der Waals surface area contributed by atoms with Crippen molar-refractivity contribution in [3.8, 4) is 0 Å². The lowest BCUT2D eigenvalue weighted by atomic mass is 9.61. The van der Waals surface area contributed by atoms with E-state index in [9.17, 15) is 0 Å². The highest BCUT2D eigenvalue weighted by atomic mass is 14.4. The molecule has 1 fully saturated rings. The summed E-state index contributed by atoms with van der Waals surface area (Å²) in [6.07, 6.45) is 23.1. The summed E-state index contributed by atoms with van der Waals surface area (Å²) < 4.78 is 0. The molecule has 1 aliphatic carbocycles. The first-order valence-electron chi connectivity index (χ1n) is 16.3. The highest BCUT2D eigenvalue weighted by Gasteiger charge is 2.37. The van der Waals surface area contributed by atoms with E-state index in [-0.39, 0.29) is 0 Å². The molecular weight excluding hydrogens is 408 g/mol. The summed E-state index contributed by atoms with van der Waals surface area (Å²) in [6, 6.07) is 0. The first-order valence-corrected chi connectivity index (χ1v) is 16.3. The first-order chi connectivity index (χ1) is 16.3. The van der Waals surface area contributed by atoms with Gasteiger partial charge in [0.25, 0.3) is 0 Å². The van der Waals surface area contributed by atoms with Crippen LogP contribution in [0.2, 0.25) is 0 Å². The zero-order valence-electron chi connectivity index (χ0n) is 25.5. The Bertz CT molecular complexity index is 467. The molecule has 0 N–H and O–H groups in total. The summed E-state index contributed by atoms with van der Waals surface area (Å²) in [7, 11) is 0. The topological polar surface area (TPSA) is 0 Å². The predicted octanol–water partition coefficient (Wildman–Crippen LogP) is 12.0. The molecule has 0 spiro atoms. The van der Waals surface area contributed by atoms with Crippen molar-refractivity contribution in [3.63, 3.8) is 0 Å². The lowest BCUT2D eigenvalue weighted by Gasteiger charge is -2.44. The third kappa shape index (κ3) is 11.4. The van der Waals surface area contributed by atoms with E-state index in [1.54, 1.807) is 0 Å². The Kier molecular flexibility index (Phi) is 17.2. The van der Waals surface area contributed by atoms with E-state index in [1.807, 2.05) is 0 Å². The summed E-state index contributed by atoms with van der Waals surface area (Å²) in [5, 5.41) is 0. The van der Waals surface area contributed by atoms with Crippen molar-refractivity contribution in [2.24, 2.45) is 53.3 Å². The molecule has 1 saturated carbocycles. The van der Waals surface area contributed by atoms with Crippen LogP contribution in [0, 0.1) is 53.3 Å². The van der Waals surface area contributed by atoms with Gasteiger partial charge in [-0.3, -0.25) is 0 Å². The van der Waals surface area contributed by atoms with Crippen LogP contribution in [0.5, 0.6) is 0 Å². The highest BCUT2D eigenvalue weighted by molar-refractivity contribution is 4.87. The predicted molar refractivity (Wildman–Crippen MR) is 156 cm³/mol. The summed E-state index contributed by atoms with van der Waals surface area (Å²) in [4.78, 5) is 0. The largest absolute Gasteiger partial charge is 0.0654 e. The van der Waals surface area contributed by atoms with Gasteiger partial charge in [-0.25, -0.2) is 0 Å². The van der Waals surface area contributed by atoms with Gasteiger partial charge in [0.2, 0.25) is 0 Å². The molecule has 1 aliphatic rings. The molecular formula is C34H68. The van der Waals surface area contributed by atoms with Crippen LogP contribution in [0.3, 0.4) is 0 Å². The minimum Gasteiger partial charge on any atom is -0.0654 e. The first kappa shape index (κ1) is 32.0. The van der Waals surface area contributed by atoms with Crippen LogP contribution in [0.1, 0.15) is 165 Å². The van der Waals surface area contributed by atoms with E-state index in [2.05, 4.69) is 62.3 Å². The molecule has 0 radical (unpaired) electrons. The van der Waals surface area contributed by atoms with Crippen molar-refractivity contribution < 1.29 is 0 Å². The molecule has 0 aliphatic heterocycles. The summed E-state index contributed by atoms with van der Waals surface area (Å²) in [5.74, 6) is 8.56. The molecule has 0 aromatic heterocycles. The molecule has 0 heteroatoms. The van der Waals surface area contributed by atoms with Crippen molar-refractivity contribution in [3.05, 3.63) is 0 Å². The molecule has 9 atom stereocenters. The number of unbranched alkanes of at least 4 members (excludes halogenated alkanes) is 2. The van der Waals surface area contributed by atoms with Crippen molar-refractivity contribution in [1.82, 2.24) is 0 Å². The molecule has 1 rings (SSSR count). The van der Waals surface area contributed by atoms with Gasteiger partial charge in [-0.2, -0.15) is 0 Å². The Balaban J connectivity index is 2.41. The maximum absolute atomic E-state index is 2.63. The van der Waals surface area contributed by atoms with E-state index in [0.29, 0.717) is 0 Å². The van der Waals surface area contributed by atoms with Crippen molar-refractivity contribution in [1.29, 1.82) is 0 Å². The van der Waals surface area contributed by atoms with Crippen molar-refractivity contribution >= 4 is 0 Å². The number of rotatable bonds is 21. The molecule has 9 unspecified atom stereocenters. The SMILES string of the molecule is CCCCCC1CCC1C(C)C(CCC)CCCC(C)CC(C)CC(C)C(CC)C(C)CCC. The molecule has 0 bridgehead atoms. The van der Waals surface area contributed by atoms with Gasteiger partial charge in [-0.1, -0.05) is 139 Å². The van der Waals surface area contributed by atoms with E-state index >= 15 is 0 Å². The summed E-state index contributed by atoms with van der Waals surface area (Å²) in [5.41, 5.74) is 0. The Labute approximate surface area is 218 Å². The fourth-order valence-corrected chi connectivity index (χ4v) is 8.17. The van der Waals surface area contributed by atoms with E-state index in [0.717, 1.165) is 53.3 Å². The van der Waals surface area contributed by atoms with Crippen LogP contribution in [0.4, 0.5) is 0 Å². The maximum atomic E-state index is 2.63. The lowest BCUT2D eigenvalue weighted by molar-refractivity contribution is 0.0611. The quantitative estimate of drug-likeness (QED) is 0.144. The minimum atomic E-state index is 0.885. The van der Waals surface area contributed by atoms with Crippen LogP contribution in [-0.2, 0) is 0 Å². The third-order valence-electron chi connectivity index (χ3n) is 10.3. The van der Waals surface area contributed by atoms with Gasteiger partial charge in [0, 0.05) is 0 Å². The fraction of sp³-hybridized carbons (Fsp3) is 1.00. The summed E-state index contributed by atoms with van der Waals surface area (Å²) >= 11 is 0. The Morgan fingerprint density at radius 2 is 1.32 bits per heavy atom. The standard InChI is InChI=1S/C34H68/c1-10-14-15-20-32-22-23-34(32)30(9)31(18-12-3)21-16-19-26(5)24-27(6)25-29(8)33(13-4)28(7)17-11-2/h26-34H,10-25H2,1-9H3. The average Bonchev–Trinajstić information content (AvgIpc) is 2.75. The molecule has 0 aromatic carbocycles. The number of hydrogen-bond acceptors (Lipinski definition) is 0. The van der Waals surface area contributed by atoms with Gasteiger partial charge in [-0.05, 0) is 78.9 Å². The number of hydrogen-bond donors (Lipinski definition) is 0. The normalized spacial score (nSPS) is 24.6. The smallest absolute Gasteiger partial charge is 0.0357 e. The fourth-order valence-electron chi connectivity index (χ4n) is 8.17. The Morgan fingerprint density at radius 3 is 1.88 bits per heavy atom. The van der Waals surface area contributed by atoms with Gasteiger partial charge in [-0.15, -0.1) is 0 Å². The van der Waals surface area contributed by atoms with Crippen LogP contribution >= 0.6 is 0 Å². The molecule has 0 nitrogen and oxygen atoms in total. The molecule has 0 amide bonds. The average molecular weight is 477 g/mol. The van der Waals surface area contributed by atoms with Gasteiger partial charge in [0.1, 0.15) is 0 Å². The Morgan fingerprint density at radius 1 is 0.618 bits per heavy atom. The van der Waals surface area contributed by atoms with Gasteiger partial charge < -0.3 is 0 Å². The second kappa shape index (κ2) is 18.3. The lowest BCUT2D eigenvalue weighted by Crippen LogP contribution is -2.35. The molecule has 204 valence electrons. The second-order valence-corrected chi connectivity index (χ2v) is 13.3. The maximum Gasteiger partial charge on any atom is -0.0357 e. The minimum absolute atomic E-state index is 0.885. The van der Waals surface area contributed by atoms with Gasteiger partial charge in [0.15, 0.2) is 0 Å². The summed E-state index contributed by atoms with van der Waals surface area (Å²) in [6.45, 7) is 22.3. The second-order valence-electron chi connectivity index (χ2n) is 13.3. The van der Waals surface area contributed by atoms with Crippen molar-refractivity contribution in [2.45, 2.75) is 165 Å². The Hall–Kier alpha value is 0. The zero-order chi connectivity index (χ0) is 25.5. The van der Waals surface area contributed by atoms with Crippen LogP contribution < -0.4 is 0 Å². The van der Waals surface area contributed by atoms with E-state index in [4.69, 9.17) is 0 Å². The van der Waals surface area contributed by atoms with E-state index < -0.39 is 0 Å². The van der Waals surface area contributed by atoms with Crippen LogP contribution in [0.25, 0.3) is 0 Å². The van der Waals surface area contributed by atoms with Crippen LogP contribution in [0.15, 0.2) is 0 Å². The van der Waals surface area contributed by atoms with Gasteiger partial charge in [0.05, 0.1) is 0 Å². The molecule has 0 heterocycles. The molecule has 0 saturated heterocycles. The van der Waals surface area contributed by atoms with Crippen LogP contribution in [-0.4, -0.2) is 0 Å². The third-order valence-corrected chi connectivity index (χ3v) is 10.3. The van der Waals surface area contributed by atoms with E-state index in [1.165, 1.54) is 103 Å². The van der Waals surface area contributed by atoms with Crippen molar-refractivity contribution in [2.75, 3.05) is 0 Å².